The third-order valence-corrected chi connectivity index (χ3v) is 6.34. The van der Waals surface area contributed by atoms with Gasteiger partial charge in [-0.2, -0.15) is 0 Å². The molecule has 1 aliphatic heterocycles. The molecule has 1 atom stereocenters. The van der Waals surface area contributed by atoms with Crippen molar-refractivity contribution >= 4 is 15.9 Å². The Morgan fingerprint density at radius 1 is 1.15 bits per heavy atom. The van der Waals surface area contributed by atoms with Gasteiger partial charge in [0.25, 0.3) is 0 Å². The van der Waals surface area contributed by atoms with Crippen LogP contribution in [0, 0.1) is 12.8 Å². The van der Waals surface area contributed by atoms with Crippen molar-refractivity contribution in [3.63, 3.8) is 0 Å². The van der Waals surface area contributed by atoms with Crippen molar-refractivity contribution in [2.24, 2.45) is 5.92 Å². The van der Waals surface area contributed by atoms with Crippen LogP contribution in [0.5, 0.6) is 0 Å². The molecule has 0 aliphatic carbocycles. The quantitative estimate of drug-likeness (QED) is 0.690. The van der Waals surface area contributed by atoms with E-state index in [9.17, 15) is 5.11 Å². The summed E-state index contributed by atoms with van der Waals surface area (Å²) in [6, 6.07) is 15.1. The molecule has 0 aromatic heterocycles. The first kappa shape index (κ1) is 19.6. The van der Waals surface area contributed by atoms with E-state index in [4.69, 9.17) is 0 Å². The number of hydrogen-bond acceptors (Lipinski definition) is 2. The Morgan fingerprint density at radius 3 is 2.65 bits per heavy atom. The normalized spacial score (nSPS) is 17.4. The number of hydrogen-bond donors (Lipinski definition) is 1. The van der Waals surface area contributed by atoms with E-state index in [2.05, 4.69) is 64.2 Å². The maximum Gasteiger partial charge on any atom is 0.0762 e. The highest BCUT2D eigenvalue weighted by Crippen LogP contribution is 2.27. The lowest BCUT2D eigenvalue weighted by Gasteiger charge is -2.32. The molecule has 1 aliphatic rings. The second-order valence-corrected chi connectivity index (χ2v) is 8.61. The third kappa shape index (κ3) is 5.42. The van der Waals surface area contributed by atoms with Gasteiger partial charge >= 0.3 is 0 Å². The van der Waals surface area contributed by atoms with Gasteiger partial charge in [0.1, 0.15) is 0 Å². The van der Waals surface area contributed by atoms with Crippen LogP contribution in [-0.2, 0) is 12.8 Å². The first-order valence-corrected chi connectivity index (χ1v) is 10.5. The van der Waals surface area contributed by atoms with Crippen molar-refractivity contribution in [1.29, 1.82) is 0 Å². The molecule has 1 saturated heterocycles. The molecule has 2 aromatic carbocycles. The van der Waals surface area contributed by atoms with E-state index in [0.717, 1.165) is 24.4 Å². The van der Waals surface area contributed by atoms with Crippen LogP contribution in [-0.4, -0.2) is 29.6 Å². The minimum Gasteiger partial charge on any atom is -0.389 e. The van der Waals surface area contributed by atoms with E-state index in [1.165, 1.54) is 53.5 Å². The molecule has 0 saturated carbocycles. The Kier molecular flexibility index (Phi) is 6.91. The highest BCUT2D eigenvalue weighted by Gasteiger charge is 2.20. The van der Waals surface area contributed by atoms with Crippen molar-refractivity contribution in [3.05, 3.63) is 69.2 Å². The SMILES string of the molecule is Cc1ccc(Br)c(CC2CCN(CCc3cccc(C(C)O)c3)CC2)c1. The van der Waals surface area contributed by atoms with Crippen molar-refractivity contribution in [3.8, 4) is 0 Å². The van der Waals surface area contributed by atoms with Crippen LogP contribution in [0.3, 0.4) is 0 Å². The van der Waals surface area contributed by atoms with Gasteiger partial charge < -0.3 is 10.0 Å². The van der Waals surface area contributed by atoms with E-state index in [-0.39, 0.29) is 6.10 Å². The maximum absolute atomic E-state index is 9.74. The number of halogens is 1. The number of benzene rings is 2. The standard InChI is InChI=1S/C23H30BrNO/c1-17-6-7-23(24)22(14-17)16-20-9-12-25(13-10-20)11-8-19-4-3-5-21(15-19)18(2)26/h3-7,14-15,18,20,26H,8-13,16H2,1-2H3. The molecule has 140 valence electrons. The van der Waals surface area contributed by atoms with Gasteiger partial charge in [-0.15, -0.1) is 0 Å². The Bertz CT molecular complexity index is 720. The lowest BCUT2D eigenvalue weighted by molar-refractivity contribution is 0.185. The largest absolute Gasteiger partial charge is 0.389 e. The first-order valence-electron chi connectivity index (χ1n) is 9.75. The highest BCUT2D eigenvalue weighted by atomic mass is 79.9. The number of aryl methyl sites for hydroxylation is 1. The molecule has 1 unspecified atom stereocenters. The summed E-state index contributed by atoms with van der Waals surface area (Å²) < 4.78 is 1.25. The topological polar surface area (TPSA) is 23.5 Å². The Labute approximate surface area is 166 Å². The van der Waals surface area contributed by atoms with Gasteiger partial charge in [0.15, 0.2) is 0 Å². The lowest BCUT2D eigenvalue weighted by atomic mass is 9.89. The van der Waals surface area contributed by atoms with Crippen LogP contribution in [0.2, 0.25) is 0 Å². The first-order chi connectivity index (χ1) is 12.5. The van der Waals surface area contributed by atoms with E-state index in [1.54, 1.807) is 0 Å². The average molecular weight is 416 g/mol. The molecular weight excluding hydrogens is 386 g/mol. The molecule has 0 bridgehead atoms. The lowest BCUT2D eigenvalue weighted by Crippen LogP contribution is -2.35. The van der Waals surface area contributed by atoms with Crippen molar-refractivity contribution in [2.45, 2.75) is 45.6 Å². The van der Waals surface area contributed by atoms with Crippen molar-refractivity contribution < 1.29 is 5.11 Å². The molecule has 3 rings (SSSR count). The summed E-state index contributed by atoms with van der Waals surface area (Å²) in [6.07, 6.45) is 4.44. The maximum atomic E-state index is 9.74. The number of rotatable bonds is 6. The van der Waals surface area contributed by atoms with E-state index in [0.29, 0.717) is 0 Å². The molecule has 2 aromatic rings. The minimum absolute atomic E-state index is 0.383. The van der Waals surface area contributed by atoms with E-state index < -0.39 is 0 Å². The number of aliphatic hydroxyl groups is 1. The molecule has 3 heteroatoms. The zero-order valence-corrected chi connectivity index (χ0v) is 17.5. The third-order valence-electron chi connectivity index (χ3n) is 5.57. The fourth-order valence-electron chi connectivity index (χ4n) is 3.88. The Balaban J connectivity index is 1.47. The number of aliphatic hydroxyl groups excluding tert-OH is 1. The molecule has 0 spiro atoms. The smallest absolute Gasteiger partial charge is 0.0762 e. The van der Waals surface area contributed by atoms with Crippen LogP contribution >= 0.6 is 15.9 Å². The van der Waals surface area contributed by atoms with Gasteiger partial charge in [0.2, 0.25) is 0 Å². The summed E-state index contributed by atoms with van der Waals surface area (Å²) in [7, 11) is 0. The summed E-state index contributed by atoms with van der Waals surface area (Å²) >= 11 is 3.71. The Hall–Kier alpha value is -1.16. The molecule has 26 heavy (non-hydrogen) atoms. The average Bonchev–Trinajstić information content (AvgIpc) is 2.64. The van der Waals surface area contributed by atoms with Crippen LogP contribution in [0.25, 0.3) is 0 Å². The summed E-state index contributed by atoms with van der Waals surface area (Å²) in [4.78, 5) is 2.59. The molecule has 0 radical (unpaired) electrons. The van der Waals surface area contributed by atoms with Crippen molar-refractivity contribution in [1.82, 2.24) is 4.90 Å². The molecule has 2 nitrogen and oxygen atoms in total. The van der Waals surface area contributed by atoms with E-state index >= 15 is 0 Å². The summed E-state index contributed by atoms with van der Waals surface area (Å²) in [5.41, 5.74) is 5.15. The van der Waals surface area contributed by atoms with Gasteiger partial charge in [-0.05, 0) is 81.3 Å². The molecular formula is C23H30BrNO. The van der Waals surface area contributed by atoms with Gasteiger partial charge in [0, 0.05) is 11.0 Å². The van der Waals surface area contributed by atoms with E-state index in [1.807, 2.05) is 13.0 Å². The number of piperidine rings is 1. The predicted molar refractivity (Wildman–Crippen MR) is 113 cm³/mol. The fraction of sp³-hybridized carbons (Fsp3) is 0.478. The van der Waals surface area contributed by atoms with Gasteiger partial charge in [0.05, 0.1) is 6.10 Å². The molecule has 1 fully saturated rings. The van der Waals surface area contributed by atoms with Crippen LogP contribution in [0.1, 0.15) is 48.1 Å². The van der Waals surface area contributed by atoms with Crippen LogP contribution in [0.15, 0.2) is 46.9 Å². The van der Waals surface area contributed by atoms with Crippen molar-refractivity contribution in [2.75, 3.05) is 19.6 Å². The van der Waals surface area contributed by atoms with Gasteiger partial charge in [-0.1, -0.05) is 57.9 Å². The number of likely N-dealkylation sites (tertiary alicyclic amines) is 1. The van der Waals surface area contributed by atoms with Gasteiger partial charge in [-0.3, -0.25) is 0 Å². The Morgan fingerprint density at radius 2 is 1.92 bits per heavy atom. The summed E-state index contributed by atoms with van der Waals surface area (Å²) in [5, 5.41) is 9.74. The zero-order valence-electron chi connectivity index (χ0n) is 15.9. The van der Waals surface area contributed by atoms with Crippen LogP contribution < -0.4 is 0 Å². The fourth-order valence-corrected chi connectivity index (χ4v) is 4.29. The highest BCUT2D eigenvalue weighted by molar-refractivity contribution is 9.10. The zero-order chi connectivity index (χ0) is 18.5. The second kappa shape index (κ2) is 9.16. The molecule has 0 amide bonds. The molecule has 1 heterocycles. The number of nitrogens with zero attached hydrogens (tertiary/aromatic N) is 1. The van der Waals surface area contributed by atoms with Crippen LogP contribution in [0.4, 0.5) is 0 Å². The summed E-state index contributed by atoms with van der Waals surface area (Å²) in [5.74, 6) is 0.794. The monoisotopic (exact) mass is 415 g/mol. The van der Waals surface area contributed by atoms with Gasteiger partial charge in [-0.25, -0.2) is 0 Å². The second-order valence-electron chi connectivity index (χ2n) is 7.76. The molecule has 1 N–H and O–H groups in total. The predicted octanol–water partition coefficient (Wildman–Crippen LogP) is 5.31. The summed E-state index contributed by atoms with van der Waals surface area (Å²) in [6.45, 7) is 7.51. The minimum atomic E-state index is -0.383.